The Hall–Kier alpha value is -1.24. The highest BCUT2D eigenvalue weighted by atomic mass is 79.9. The maximum absolute atomic E-state index is 12.8. The van der Waals surface area contributed by atoms with Gasteiger partial charge < -0.3 is 5.73 Å². The Balaban J connectivity index is 2.94. The Morgan fingerprint density at radius 1 is 1.38 bits per heavy atom. The van der Waals surface area contributed by atoms with Gasteiger partial charge in [-0.2, -0.15) is 13.2 Å². The van der Waals surface area contributed by atoms with Crippen molar-refractivity contribution in [1.29, 1.82) is 0 Å². The zero-order valence-corrected chi connectivity index (χ0v) is 9.72. The number of rotatable bonds is 0. The molecule has 0 spiro atoms. The number of aromatic nitrogens is 2. The topological polar surface area (TPSA) is 43.3 Å². The molecule has 2 N–H and O–H groups in total. The lowest BCUT2D eigenvalue weighted by molar-refractivity contribution is -0.142. The van der Waals surface area contributed by atoms with Gasteiger partial charge in [-0.1, -0.05) is 0 Å². The summed E-state index contributed by atoms with van der Waals surface area (Å²) in [6.45, 7) is 1.57. The minimum atomic E-state index is -4.49. The molecule has 3 nitrogen and oxygen atoms in total. The molecule has 0 unspecified atom stereocenters. The van der Waals surface area contributed by atoms with E-state index in [0.29, 0.717) is 5.69 Å². The number of aryl methyl sites for hydroxylation is 1. The zero-order valence-electron chi connectivity index (χ0n) is 8.14. The Bertz CT molecular complexity index is 559. The number of fused-ring (bicyclic) bond motifs is 1. The molecule has 0 amide bonds. The van der Waals surface area contributed by atoms with Gasteiger partial charge in [0.05, 0.1) is 5.69 Å². The average molecular weight is 294 g/mol. The molecule has 86 valence electrons. The van der Waals surface area contributed by atoms with Gasteiger partial charge in [0.25, 0.3) is 0 Å². The lowest BCUT2D eigenvalue weighted by Crippen LogP contribution is -2.14. The molecule has 16 heavy (non-hydrogen) atoms. The smallest absolute Gasteiger partial charge is 0.383 e. The standard InChI is InChI=1S/C9H7BrF3N3/c1-4-8(14)16-6(15-4)3-2-5(10)7(16)9(11,12)13/h2-3H,14H2,1H3. The first-order valence-electron chi connectivity index (χ1n) is 4.32. The van der Waals surface area contributed by atoms with E-state index in [9.17, 15) is 13.2 Å². The molecule has 0 aromatic carbocycles. The molecule has 7 heteroatoms. The number of imidazole rings is 1. The van der Waals surface area contributed by atoms with Gasteiger partial charge in [0.2, 0.25) is 0 Å². The van der Waals surface area contributed by atoms with Gasteiger partial charge in [0.1, 0.15) is 17.2 Å². The second-order valence-electron chi connectivity index (χ2n) is 3.30. The SMILES string of the molecule is Cc1nc2ccc(Br)c(C(F)(F)F)n2c1N. The van der Waals surface area contributed by atoms with Crippen LogP contribution in [0.25, 0.3) is 5.65 Å². The number of nitrogens with zero attached hydrogens (tertiary/aromatic N) is 2. The van der Waals surface area contributed by atoms with Crippen molar-refractivity contribution in [2.24, 2.45) is 0 Å². The molecule has 0 aliphatic heterocycles. The van der Waals surface area contributed by atoms with Crippen LogP contribution in [-0.4, -0.2) is 9.38 Å². The van der Waals surface area contributed by atoms with Crippen molar-refractivity contribution in [3.63, 3.8) is 0 Å². The van der Waals surface area contributed by atoms with Gasteiger partial charge in [-0.05, 0) is 35.0 Å². The summed E-state index contributed by atoms with van der Waals surface area (Å²) in [6, 6.07) is 2.78. The van der Waals surface area contributed by atoms with Crippen LogP contribution >= 0.6 is 15.9 Å². The summed E-state index contributed by atoms with van der Waals surface area (Å²) in [5.41, 5.74) is 5.30. The van der Waals surface area contributed by atoms with E-state index >= 15 is 0 Å². The van der Waals surface area contributed by atoms with Crippen LogP contribution in [0.15, 0.2) is 16.6 Å². The van der Waals surface area contributed by atoms with Crippen molar-refractivity contribution in [3.8, 4) is 0 Å². The Morgan fingerprint density at radius 3 is 2.56 bits per heavy atom. The lowest BCUT2D eigenvalue weighted by atomic mass is 10.3. The molecule has 2 aromatic heterocycles. The number of hydrogen-bond donors (Lipinski definition) is 1. The van der Waals surface area contributed by atoms with Crippen molar-refractivity contribution < 1.29 is 13.2 Å². The molecule has 0 bridgehead atoms. The second-order valence-corrected chi connectivity index (χ2v) is 4.16. The third kappa shape index (κ3) is 1.55. The summed E-state index contributed by atoms with van der Waals surface area (Å²) < 4.78 is 39.3. The second kappa shape index (κ2) is 3.38. The minimum absolute atomic E-state index is 0.00336. The van der Waals surface area contributed by atoms with Gasteiger partial charge in [-0.15, -0.1) is 0 Å². The largest absolute Gasteiger partial charge is 0.432 e. The summed E-state index contributed by atoms with van der Waals surface area (Å²) in [7, 11) is 0. The molecule has 0 aliphatic rings. The summed E-state index contributed by atoms with van der Waals surface area (Å²) in [5.74, 6) is 0.00336. The van der Waals surface area contributed by atoms with E-state index in [2.05, 4.69) is 20.9 Å². The normalized spacial score (nSPS) is 12.3. The summed E-state index contributed by atoms with van der Waals surface area (Å²) in [6.07, 6.45) is -4.49. The van der Waals surface area contributed by atoms with E-state index in [0.717, 1.165) is 4.40 Å². The van der Waals surface area contributed by atoms with Crippen molar-refractivity contribution in [2.45, 2.75) is 13.1 Å². The van der Waals surface area contributed by atoms with Gasteiger partial charge >= 0.3 is 6.18 Å². The van der Waals surface area contributed by atoms with Crippen molar-refractivity contribution in [2.75, 3.05) is 5.73 Å². The summed E-state index contributed by atoms with van der Waals surface area (Å²) >= 11 is 2.87. The van der Waals surface area contributed by atoms with Gasteiger partial charge in [0, 0.05) is 4.47 Å². The third-order valence-corrected chi connectivity index (χ3v) is 2.86. The van der Waals surface area contributed by atoms with E-state index in [-0.39, 0.29) is 15.9 Å². The van der Waals surface area contributed by atoms with Crippen molar-refractivity contribution in [1.82, 2.24) is 9.38 Å². The monoisotopic (exact) mass is 293 g/mol. The van der Waals surface area contributed by atoms with E-state index < -0.39 is 11.9 Å². The van der Waals surface area contributed by atoms with Gasteiger partial charge in [-0.25, -0.2) is 4.98 Å². The Labute approximate surface area is 97.2 Å². The van der Waals surface area contributed by atoms with Crippen LogP contribution in [-0.2, 0) is 6.18 Å². The molecule has 2 aromatic rings. The van der Waals surface area contributed by atoms with Crippen LogP contribution in [0, 0.1) is 6.92 Å². The number of pyridine rings is 1. The Kier molecular flexibility index (Phi) is 2.37. The van der Waals surface area contributed by atoms with E-state index in [1.807, 2.05) is 0 Å². The number of nitrogen functional groups attached to an aromatic ring is 1. The number of alkyl halides is 3. The van der Waals surface area contributed by atoms with Crippen LogP contribution in [0.3, 0.4) is 0 Å². The zero-order chi connectivity index (χ0) is 12.1. The van der Waals surface area contributed by atoms with Crippen molar-refractivity contribution in [3.05, 3.63) is 28.0 Å². The van der Waals surface area contributed by atoms with Crippen LogP contribution in [0.2, 0.25) is 0 Å². The first-order valence-corrected chi connectivity index (χ1v) is 5.12. The summed E-state index contributed by atoms with van der Waals surface area (Å²) in [5, 5.41) is 0. The van der Waals surface area contributed by atoms with Crippen LogP contribution in [0.1, 0.15) is 11.4 Å². The highest BCUT2D eigenvalue weighted by molar-refractivity contribution is 9.10. The van der Waals surface area contributed by atoms with E-state index in [1.165, 1.54) is 12.1 Å². The fourth-order valence-electron chi connectivity index (χ4n) is 1.51. The van der Waals surface area contributed by atoms with E-state index in [4.69, 9.17) is 5.73 Å². The van der Waals surface area contributed by atoms with Crippen molar-refractivity contribution >= 4 is 27.4 Å². The molecule has 0 saturated carbocycles. The third-order valence-electron chi connectivity index (χ3n) is 2.22. The average Bonchev–Trinajstić information content (AvgIpc) is 2.42. The molecule has 0 radical (unpaired) electrons. The Morgan fingerprint density at radius 2 is 2.00 bits per heavy atom. The molecule has 0 aliphatic carbocycles. The van der Waals surface area contributed by atoms with Crippen LogP contribution in [0.4, 0.5) is 19.0 Å². The lowest BCUT2D eigenvalue weighted by Gasteiger charge is -2.12. The number of halogens is 4. The minimum Gasteiger partial charge on any atom is -0.383 e. The first-order chi connectivity index (χ1) is 7.32. The predicted octanol–water partition coefficient (Wildman–Crippen LogP) is 3.01. The first kappa shape index (κ1) is 11.3. The molecular formula is C9H7BrF3N3. The van der Waals surface area contributed by atoms with Crippen LogP contribution < -0.4 is 5.73 Å². The summed E-state index contributed by atoms with van der Waals surface area (Å²) in [4.78, 5) is 3.95. The van der Waals surface area contributed by atoms with E-state index in [1.54, 1.807) is 6.92 Å². The molecule has 0 fully saturated rings. The van der Waals surface area contributed by atoms with Gasteiger partial charge in [-0.3, -0.25) is 4.40 Å². The molecular weight excluding hydrogens is 287 g/mol. The predicted molar refractivity (Wildman–Crippen MR) is 57.0 cm³/mol. The number of anilines is 1. The highest BCUT2D eigenvalue weighted by Gasteiger charge is 2.36. The highest BCUT2D eigenvalue weighted by Crippen LogP contribution is 2.36. The van der Waals surface area contributed by atoms with Crippen LogP contribution in [0.5, 0.6) is 0 Å². The molecule has 0 saturated heterocycles. The fraction of sp³-hybridized carbons (Fsp3) is 0.222. The molecule has 0 atom stereocenters. The fourth-order valence-corrected chi connectivity index (χ4v) is 2.04. The number of nitrogens with two attached hydrogens (primary N) is 1. The molecule has 2 rings (SSSR count). The maximum Gasteiger partial charge on any atom is 0.432 e. The molecule has 2 heterocycles. The number of hydrogen-bond acceptors (Lipinski definition) is 2. The van der Waals surface area contributed by atoms with Gasteiger partial charge in [0.15, 0.2) is 0 Å². The quantitative estimate of drug-likeness (QED) is 0.811. The maximum atomic E-state index is 12.8.